The minimum absolute atomic E-state index is 0.0170. The third-order valence-corrected chi connectivity index (χ3v) is 2.61. The number of likely N-dealkylation sites (N-methyl/N-ethyl adjacent to an activating group) is 2. The highest BCUT2D eigenvalue weighted by atomic mass is 16.6. The number of aromatic nitrogens is 1. The lowest BCUT2D eigenvalue weighted by Crippen LogP contribution is -2.36. The lowest BCUT2D eigenvalue weighted by Gasteiger charge is -2.20. The van der Waals surface area contributed by atoms with Crippen molar-refractivity contribution in [3.63, 3.8) is 0 Å². The van der Waals surface area contributed by atoms with E-state index in [1.54, 1.807) is 6.92 Å². The Balaban J connectivity index is 3.18. The van der Waals surface area contributed by atoms with Crippen molar-refractivity contribution in [1.82, 2.24) is 10.3 Å². The van der Waals surface area contributed by atoms with Crippen molar-refractivity contribution in [3.8, 4) is 0 Å². The molecule has 1 rings (SSSR count). The van der Waals surface area contributed by atoms with Gasteiger partial charge in [0.05, 0.1) is 11.5 Å². The van der Waals surface area contributed by atoms with Crippen LogP contribution in [-0.2, 0) is 4.79 Å². The SMILES string of the molecule is CCN(CC(=O)NC)c1cc(C(=O)O)c([N+](=O)[O-])cn1. The number of carboxylic acids is 1. The molecule has 0 atom stereocenters. The Labute approximate surface area is 114 Å². The lowest BCUT2D eigenvalue weighted by molar-refractivity contribution is -0.385. The summed E-state index contributed by atoms with van der Waals surface area (Å²) in [5.74, 6) is -1.50. The molecule has 9 heteroatoms. The molecule has 0 saturated heterocycles. The molecule has 0 spiro atoms. The molecule has 0 fully saturated rings. The average molecular weight is 282 g/mol. The quantitative estimate of drug-likeness (QED) is 0.566. The summed E-state index contributed by atoms with van der Waals surface area (Å²) in [6.07, 6.45) is 0.880. The molecule has 1 amide bonds. The summed E-state index contributed by atoms with van der Waals surface area (Å²) in [5, 5.41) is 22.2. The summed E-state index contributed by atoms with van der Waals surface area (Å²) >= 11 is 0. The Hall–Kier alpha value is -2.71. The molecule has 1 aromatic heterocycles. The highest BCUT2D eigenvalue weighted by Crippen LogP contribution is 2.22. The van der Waals surface area contributed by atoms with E-state index in [-0.39, 0.29) is 18.3 Å². The monoisotopic (exact) mass is 282 g/mol. The van der Waals surface area contributed by atoms with Crippen LogP contribution in [0, 0.1) is 10.1 Å². The summed E-state index contributed by atoms with van der Waals surface area (Å²) in [4.78, 5) is 37.6. The second-order valence-electron chi connectivity index (χ2n) is 3.81. The number of carbonyl (C=O) groups is 2. The topological polar surface area (TPSA) is 126 Å². The van der Waals surface area contributed by atoms with Crippen LogP contribution in [0.5, 0.6) is 0 Å². The molecule has 20 heavy (non-hydrogen) atoms. The van der Waals surface area contributed by atoms with Gasteiger partial charge in [-0.2, -0.15) is 0 Å². The van der Waals surface area contributed by atoms with Crippen LogP contribution in [0.25, 0.3) is 0 Å². The van der Waals surface area contributed by atoms with Gasteiger partial charge in [-0.05, 0) is 6.92 Å². The van der Waals surface area contributed by atoms with Gasteiger partial charge in [0.1, 0.15) is 17.6 Å². The first-order valence-corrected chi connectivity index (χ1v) is 5.74. The largest absolute Gasteiger partial charge is 0.477 e. The maximum absolute atomic E-state index is 11.3. The molecule has 0 aliphatic heterocycles. The van der Waals surface area contributed by atoms with Crippen LogP contribution >= 0.6 is 0 Å². The molecular formula is C11H14N4O5. The molecule has 1 heterocycles. The molecule has 0 bridgehead atoms. The second kappa shape index (κ2) is 6.45. The number of hydrogen-bond acceptors (Lipinski definition) is 6. The zero-order chi connectivity index (χ0) is 15.3. The van der Waals surface area contributed by atoms with Gasteiger partial charge in [-0.3, -0.25) is 14.9 Å². The van der Waals surface area contributed by atoms with Crippen LogP contribution < -0.4 is 10.2 Å². The zero-order valence-corrected chi connectivity index (χ0v) is 11.0. The minimum atomic E-state index is -1.42. The molecule has 108 valence electrons. The number of amides is 1. The van der Waals surface area contributed by atoms with Crippen LogP contribution in [0.1, 0.15) is 17.3 Å². The van der Waals surface area contributed by atoms with Crippen molar-refractivity contribution in [2.24, 2.45) is 0 Å². The fourth-order valence-corrected chi connectivity index (χ4v) is 1.53. The van der Waals surface area contributed by atoms with E-state index in [9.17, 15) is 19.7 Å². The van der Waals surface area contributed by atoms with E-state index < -0.39 is 22.1 Å². The molecule has 0 unspecified atom stereocenters. The number of hydrogen-bond donors (Lipinski definition) is 2. The van der Waals surface area contributed by atoms with Crippen molar-refractivity contribution in [3.05, 3.63) is 27.9 Å². The molecule has 0 aromatic carbocycles. The summed E-state index contributed by atoms with van der Waals surface area (Å²) < 4.78 is 0. The third kappa shape index (κ3) is 3.40. The normalized spacial score (nSPS) is 9.90. The van der Waals surface area contributed by atoms with Crippen LogP contribution in [0.15, 0.2) is 12.3 Å². The summed E-state index contributed by atoms with van der Waals surface area (Å²) in [6.45, 7) is 2.14. The lowest BCUT2D eigenvalue weighted by atomic mass is 10.2. The number of nitrogens with one attached hydrogen (secondary N) is 1. The molecule has 0 saturated carbocycles. The maximum Gasteiger partial charge on any atom is 0.342 e. The predicted molar refractivity (Wildman–Crippen MR) is 69.8 cm³/mol. The first-order chi connectivity index (χ1) is 9.40. The van der Waals surface area contributed by atoms with Crippen molar-refractivity contribution in [2.45, 2.75) is 6.92 Å². The Morgan fingerprint density at radius 2 is 2.20 bits per heavy atom. The van der Waals surface area contributed by atoms with Crippen molar-refractivity contribution in [2.75, 3.05) is 25.0 Å². The standard InChI is InChI=1S/C11H14N4O5/c1-3-14(6-10(16)12-2)9-4-7(11(17)18)8(5-13-9)15(19)20/h4-5H,3,6H2,1-2H3,(H,12,16)(H,17,18). The first kappa shape index (κ1) is 15.3. The fourth-order valence-electron chi connectivity index (χ4n) is 1.53. The van der Waals surface area contributed by atoms with Gasteiger partial charge in [-0.1, -0.05) is 0 Å². The molecule has 0 radical (unpaired) electrons. The van der Waals surface area contributed by atoms with Gasteiger partial charge in [0, 0.05) is 19.7 Å². The third-order valence-electron chi connectivity index (χ3n) is 2.61. The van der Waals surface area contributed by atoms with Crippen LogP contribution in [0.2, 0.25) is 0 Å². The van der Waals surface area contributed by atoms with Crippen molar-refractivity contribution >= 4 is 23.4 Å². The number of aromatic carboxylic acids is 1. The van der Waals surface area contributed by atoms with E-state index in [0.29, 0.717) is 6.54 Å². The van der Waals surface area contributed by atoms with Gasteiger partial charge in [-0.15, -0.1) is 0 Å². The second-order valence-corrected chi connectivity index (χ2v) is 3.81. The smallest absolute Gasteiger partial charge is 0.342 e. The highest BCUT2D eigenvalue weighted by Gasteiger charge is 2.22. The van der Waals surface area contributed by atoms with Crippen LogP contribution in [0.4, 0.5) is 11.5 Å². The van der Waals surface area contributed by atoms with Crippen LogP contribution in [0.3, 0.4) is 0 Å². The Morgan fingerprint density at radius 3 is 2.65 bits per heavy atom. The number of nitrogens with zero attached hydrogens (tertiary/aromatic N) is 3. The molecule has 2 N–H and O–H groups in total. The van der Waals surface area contributed by atoms with E-state index in [1.807, 2.05) is 0 Å². The van der Waals surface area contributed by atoms with Gasteiger partial charge in [-0.25, -0.2) is 9.78 Å². The summed E-state index contributed by atoms with van der Waals surface area (Å²) in [5.41, 5.74) is -1.05. The number of rotatable bonds is 6. The van der Waals surface area contributed by atoms with E-state index in [1.165, 1.54) is 11.9 Å². The van der Waals surface area contributed by atoms with Crippen LogP contribution in [-0.4, -0.2) is 47.0 Å². The Bertz CT molecular complexity index is 546. The molecule has 9 nitrogen and oxygen atoms in total. The number of pyridine rings is 1. The predicted octanol–water partition coefficient (Wildman–Crippen LogP) is 0.260. The number of anilines is 1. The molecular weight excluding hydrogens is 268 g/mol. The minimum Gasteiger partial charge on any atom is -0.477 e. The van der Waals surface area contributed by atoms with Gasteiger partial charge >= 0.3 is 11.7 Å². The zero-order valence-electron chi connectivity index (χ0n) is 11.0. The number of carboxylic acid groups (broad SMARTS) is 1. The molecule has 0 aliphatic carbocycles. The Kier molecular flexibility index (Phi) is 4.95. The molecule has 0 aliphatic rings. The van der Waals surface area contributed by atoms with Crippen molar-refractivity contribution < 1.29 is 19.6 Å². The van der Waals surface area contributed by atoms with Gasteiger partial charge < -0.3 is 15.3 Å². The van der Waals surface area contributed by atoms with E-state index >= 15 is 0 Å². The van der Waals surface area contributed by atoms with Gasteiger partial charge in [0.2, 0.25) is 5.91 Å². The molecule has 1 aromatic rings. The highest BCUT2D eigenvalue weighted by molar-refractivity contribution is 5.93. The average Bonchev–Trinajstić information content (AvgIpc) is 2.43. The summed E-state index contributed by atoms with van der Waals surface area (Å²) in [6, 6.07) is 1.09. The first-order valence-electron chi connectivity index (χ1n) is 5.74. The van der Waals surface area contributed by atoms with E-state index in [2.05, 4.69) is 10.3 Å². The Morgan fingerprint density at radius 1 is 1.55 bits per heavy atom. The number of nitro groups is 1. The van der Waals surface area contributed by atoms with Gasteiger partial charge in [0.15, 0.2) is 0 Å². The van der Waals surface area contributed by atoms with Gasteiger partial charge in [0.25, 0.3) is 0 Å². The number of carbonyl (C=O) groups excluding carboxylic acids is 1. The van der Waals surface area contributed by atoms with E-state index in [0.717, 1.165) is 12.3 Å². The van der Waals surface area contributed by atoms with E-state index in [4.69, 9.17) is 5.11 Å². The summed E-state index contributed by atoms with van der Waals surface area (Å²) in [7, 11) is 1.47. The fraction of sp³-hybridized carbons (Fsp3) is 0.364. The van der Waals surface area contributed by atoms with Crippen molar-refractivity contribution in [1.29, 1.82) is 0 Å². The maximum atomic E-state index is 11.3.